The van der Waals surface area contributed by atoms with Crippen LogP contribution in [0.4, 0.5) is 0 Å². The van der Waals surface area contributed by atoms with Gasteiger partial charge in [0.1, 0.15) is 11.6 Å². The molecular formula is C30H47N3O7. The molecule has 1 spiro atoms. The second-order valence-corrected chi connectivity index (χ2v) is 11.4. The van der Waals surface area contributed by atoms with E-state index in [-0.39, 0.29) is 25.0 Å². The largest absolute Gasteiger partial charge is 0.465 e. The molecular weight excluding hydrogens is 514 g/mol. The highest BCUT2D eigenvalue weighted by Gasteiger charge is 2.75. The highest BCUT2D eigenvalue weighted by Crippen LogP contribution is 2.58. The predicted octanol–water partition coefficient (Wildman–Crippen LogP) is 1.77. The first-order chi connectivity index (χ1) is 19.5. The normalized spacial score (nSPS) is 29.4. The quantitative estimate of drug-likeness (QED) is 0.163. The van der Waals surface area contributed by atoms with Gasteiger partial charge in [-0.15, -0.1) is 13.2 Å². The molecule has 224 valence electrons. The molecule has 0 aromatic rings. The summed E-state index contributed by atoms with van der Waals surface area (Å²) in [7, 11) is 0. The Bertz CT molecular complexity index is 908. The average Bonchev–Trinajstić information content (AvgIpc) is 3.61. The molecule has 10 nitrogen and oxygen atoms in total. The molecule has 2 bridgehead atoms. The number of carbonyl (C=O) groups is 3. The van der Waals surface area contributed by atoms with Crippen LogP contribution in [0, 0.1) is 11.8 Å². The molecule has 4 saturated heterocycles. The Morgan fingerprint density at radius 3 is 2.60 bits per heavy atom. The van der Waals surface area contributed by atoms with Gasteiger partial charge in [0.2, 0.25) is 11.8 Å². The first-order valence-electron chi connectivity index (χ1n) is 15.0. The van der Waals surface area contributed by atoms with Crippen LogP contribution in [0.5, 0.6) is 0 Å². The lowest BCUT2D eigenvalue weighted by Crippen LogP contribution is -2.57. The van der Waals surface area contributed by atoms with Crippen molar-refractivity contribution in [3.63, 3.8) is 0 Å². The number of aliphatic hydroxyl groups excluding tert-OH is 1. The predicted molar refractivity (Wildman–Crippen MR) is 149 cm³/mol. The van der Waals surface area contributed by atoms with E-state index in [2.05, 4.69) is 18.1 Å². The third-order valence-electron chi connectivity index (χ3n) is 8.86. The zero-order valence-corrected chi connectivity index (χ0v) is 23.8. The highest BCUT2D eigenvalue weighted by atomic mass is 16.6. The summed E-state index contributed by atoms with van der Waals surface area (Å²) in [6.07, 6.45) is 8.83. The third-order valence-corrected chi connectivity index (χ3v) is 8.86. The fourth-order valence-electron chi connectivity index (χ4n) is 6.89. The number of esters is 1. The summed E-state index contributed by atoms with van der Waals surface area (Å²) in [4.78, 5) is 47.4. The van der Waals surface area contributed by atoms with Gasteiger partial charge in [0.25, 0.3) is 0 Å². The monoisotopic (exact) mass is 561 g/mol. The van der Waals surface area contributed by atoms with Crippen LogP contribution in [0.2, 0.25) is 0 Å². The number of hydrogen-bond donors (Lipinski definition) is 1. The van der Waals surface area contributed by atoms with Crippen molar-refractivity contribution in [2.24, 2.45) is 11.8 Å². The topological polar surface area (TPSA) is 109 Å². The number of morpholine rings is 1. The van der Waals surface area contributed by atoms with Crippen molar-refractivity contribution in [2.45, 2.75) is 69.1 Å². The Balaban J connectivity index is 1.55. The van der Waals surface area contributed by atoms with Crippen LogP contribution in [0.15, 0.2) is 25.3 Å². The van der Waals surface area contributed by atoms with E-state index in [9.17, 15) is 14.4 Å². The van der Waals surface area contributed by atoms with Gasteiger partial charge in [-0.1, -0.05) is 25.0 Å². The van der Waals surface area contributed by atoms with E-state index in [1.165, 1.54) is 0 Å². The van der Waals surface area contributed by atoms with E-state index in [0.29, 0.717) is 71.5 Å². The maximum absolute atomic E-state index is 14.3. The van der Waals surface area contributed by atoms with E-state index in [1.807, 2.05) is 0 Å². The number of fused-ring (bicyclic) bond motifs is 1. The molecule has 0 saturated carbocycles. The maximum atomic E-state index is 14.3. The van der Waals surface area contributed by atoms with Crippen molar-refractivity contribution in [1.29, 1.82) is 0 Å². The minimum absolute atomic E-state index is 0.139. The molecule has 0 aromatic carbocycles. The molecule has 40 heavy (non-hydrogen) atoms. The molecule has 4 heterocycles. The van der Waals surface area contributed by atoms with Crippen molar-refractivity contribution in [1.82, 2.24) is 14.7 Å². The Labute approximate surface area is 238 Å². The van der Waals surface area contributed by atoms with Crippen LogP contribution in [0.25, 0.3) is 0 Å². The second kappa shape index (κ2) is 14.6. The number of nitrogens with zero attached hydrogens (tertiary/aromatic N) is 3. The smallest absolute Gasteiger partial charge is 0.312 e. The molecule has 2 unspecified atom stereocenters. The minimum atomic E-state index is -1.02. The number of likely N-dealkylation sites (tertiary alicyclic amines) is 1. The lowest BCUT2D eigenvalue weighted by Gasteiger charge is -2.37. The number of aliphatic hydroxyl groups is 1. The van der Waals surface area contributed by atoms with Crippen molar-refractivity contribution in [3.8, 4) is 0 Å². The lowest BCUT2D eigenvalue weighted by atomic mass is 9.70. The summed E-state index contributed by atoms with van der Waals surface area (Å²) in [5.74, 6) is -2.13. The standard InChI is InChI=1S/C30H47N3O7/c1-3-5-10-20-39-29(37)24-23-11-12-30(40-23)25(24)27(35)33(14-8-6-7-9-19-34)26(30)28(36)32(13-4-2)16-15-31-17-21-38-22-18-31/h3-4,23-26,34H,1-2,5-22H2/t23-,24+,25+,26?,30?/m1/s1. The molecule has 0 radical (unpaired) electrons. The molecule has 4 aliphatic heterocycles. The fourth-order valence-corrected chi connectivity index (χ4v) is 6.89. The number of amides is 2. The van der Waals surface area contributed by atoms with Crippen molar-refractivity contribution < 1.29 is 33.7 Å². The first kappa shape index (κ1) is 30.7. The first-order valence-corrected chi connectivity index (χ1v) is 15.0. The number of carbonyl (C=O) groups excluding carboxylic acids is 3. The molecule has 5 atom stereocenters. The van der Waals surface area contributed by atoms with Gasteiger partial charge >= 0.3 is 5.97 Å². The molecule has 0 aromatic heterocycles. The van der Waals surface area contributed by atoms with Crippen LogP contribution in [-0.2, 0) is 28.6 Å². The molecule has 0 aliphatic carbocycles. The minimum Gasteiger partial charge on any atom is -0.465 e. The van der Waals surface area contributed by atoms with E-state index < -0.39 is 35.6 Å². The van der Waals surface area contributed by atoms with Crippen LogP contribution in [0.1, 0.15) is 51.4 Å². The van der Waals surface area contributed by atoms with Gasteiger partial charge in [-0.2, -0.15) is 0 Å². The van der Waals surface area contributed by atoms with Gasteiger partial charge in [0.15, 0.2) is 0 Å². The number of rotatable bonds is 17. The van der Waals surface area contributed by atoms with Gasteiger partial charge < -0.3 is 29.1 Å². The number of unbranched alkanes of at least 4 members (excludes halogenated alkanes) is 4. The van der Waals surface area contributed by atoms with Gasteiger partial charge in [-0.25, -0.2) is 0 Å². The SMILES string of the molecule is C=CCCCOC(=O)[C@@H]1[C@H]2C(=O)N(CCCCCCO)C(C(=O)N(CC=C)CCN3CCOCC3)C23CC[C@H]1O3. The maximum Gasteiger partial charge on any atom is 0.312 e. The zero-order chi connectivity index (χ0) is 28.5. The lowest BCUT2D eigenvalue weighted by molar-refractivity contribution is -0.155. The van der Waals surface area contributed by atoms with E-state index in [1.54, 1.807) is 22.0 Å². The molecule has 4 rings (SSSR count). The van der Waals surface area contributed by atoms with Gasteiger partial charge in [0.05, 0.1) is 37.8 Å². The zero-order valence-electron chi connectivity index (χ0n) is 23.8. The van der Waals surface area contributed by atoms with E-state index >= 15 is 0 Å². The van der Waals surface area contributed by atoms with Crippen LogP contribution >= 0.6 is 0 Å². The second-order valence-electron chi connectivity index (χ2n) is 11.4. The van der Waals surface area contributed by atoms with Gasteiger partial charge in [0, 0.05) is 45.9 Å². The summed E-state index contributed by atoms with van der Waals surface area (Å²) < 4.78 is 17.6. The fraction of sp³-hybridized carbons (Fsp3) is 0.767. The van der Waals surface area contributed by atoms with Gasteiger partial charge in [-0.05, 0) is 38.5 Å². The Hall–Kier alpha value is -2.27. The summed E-state index contributed by atoms with van der Waals surface area (Å²) in [6.45, 7) is 13.0. The number of allylic oxidation sites excluding steroid dienone is 1. The summed E-state index contributed by atoms with van der Waals surface area (Å²) in [5.41, 5.74) is -1.02. The summed E-state index contributed by atoms with van der Waals surface area (Å²) in [5, 5.41) is 9.14. The van der Waals surface area contributed by atoms with Crippen LogP contribution < -0.4 is 0 Å². The third kappa shape index (κ3) is 6.45. The van der Waals surface area contributed by atoms with E-state index in [0.717, 1.165) is 32.4 Å². The Morgan fingerprint density at radius 1 is 1.10 bits per heavy atom. The molecule has 2 amide bonds. The highest BCUT2D eigenvalue weighted by molar-refractivity contribution is 5.98. The molecule has 4 aliphatic rings. The van der Waals surface area contributed by atoms with Crippen LogP contribution in [-0.4, -0.2) is 121 Å². The number of hydrogen-bond acceptors (Lipinski definition) is 8. The van der Waals surface area contributed by atoms with E-state index in [4.69, 9.17) is 19.3 Å². The van der Waals surface area contributed by atoms with Crippen LogP contribution in [0.3, 0.4) is 0 Å². The Kier molecular flexibility index (Phi) is 11.2. The molecule has 4 fully saturated rings. The summed E-state index contributed by atoms with van der Waals surface area (Å²) >= 11 is 0. The number of ether oxygens (including phenoxy) is 3. The molecule has 1 N–H and O–H groups in total. The van der Waals surface area contributed by atoms with Crippen molar-refractivity contribution in [3.05, 3.63) is 25.3 Å². The Morgan fingerprint density at radius 2 is 1.88 bits per heavy atom. The summed E-state index contributed by atoms with van der Waals surface area (Å²) in [6, 6.07) is -0.781. The van der Waals surface area contributed by atoms with Crippen molar-refractivity contribution >= 4 is 17.8 Å². The van der Waals surface area contributed by atoms with Gasteiger partial charge in [-0.3, -0.25) is 19.3 Å². The van der Waals surface area contributed by atoms with Crippen molar-refractivity contribution in [2.75, 3.05) is 65.7 Å². The average molecular weight is 562 g/mol. The molecule has 10 heteroatoms.